The molecular formula is C16H12F4O3. The Morgan fingerprint density at radius 1 is 0.957 bits per heavy atom. The largest absolute Gasteiger partial charge is 0.485 e. The molecule has 0 saturated heterocycles. The molecule has 3 nitrogen and oxygen atoms in total. The van der Waals surface area contributed by atoms with E-state index in [-0.39, 0.29) is 18.0 Å². The predicted molar refractivity (Wildman–Crippen MR) is 74.3 cm³/mol. The van der Waals surface area contributed by atoms with Crippen molar-refractivity contribution in [2.24, 2.45) is 0 Å². The van der Waals surface area contributed by atoms with Crippen LogP contribution in [0, 0.1) is 0 Å². The molecule has 0 unspecified atom stereocenters. The number of hydrogen-bond acceptors (Lipinski definition) is 3. The highest BCUT2D eigenvalue weighted by atomic mass is 19.3. The SMILES string of the molecule is O=C(COc1ccccc1)c1ccc(OC(F)(F)C(F)F)cc1. The first-order valence-corrected chi connectivity index (χ1v) is 6.54. The molecule has 7 heteroatoms. The first kappa shape index (κ1) is 16.8. The van der Waals surface area contributed by atoms with Gasteiger partial charge in [0.05, 0.1) is 0 Å². The lowest BCUT2D eigenvalue weighted by atomic mass is 10.1. The number of carbonyl (C=O) groups is 1. The standard InChI is InChI=1S/C16H12F4O3/c17-15(18)16(19,20)23-13-8-6-11(7-9-13)14(21)10-22-12-4-2-1-3-5-12/h1-9,15H,10H2. The second-order valence-corrected chi connectivity index (χ2v) is 4.51. The number of Topliss-reactive ketones (excluding diaryl/α,β-unsaturated/α-hetero) is 1. The van der Waals surface area contributed by atoms with Gasteiger partial charge in [-0.25, -0.2) is 0 Å². The maximum absolute atomic E-state index is 12.7. The van der Waals surface area contributed by atoms with Crippen LogP contribution in [0.15, 0.2) is 54.6 Å². The van der Waals surface area contributed by atoms with Crippen molar-refractivity contribution in [2.45, 2.75) is 12.5 Å². The van der Waals surface area contributed by atoms with E-state index in [4.69, 9.17) is 4.74 Å². The summed E-state index contributed by atoms with van der Waals surface area (Å²) >= 11 is 0. The molecule has 2 aromatic rings. The molecule has 0 atom stereocenters. The average Bonchev–Trinajstić information content (AvgIpc) is 2.54. The minimum atomic E-state index is -4.58. The molecule has 0 aromatic heterocycles. The Labute approximate surface area is 129 Å². The molecule has 0 aliphatic rings. The van der Waals surface area contributed by atoms with Crippen molar-refractivity contribution in [3.05, 3.63) is 60.2 Å². The van der Waals surface area contributed by atoms with Gasteiger partial charge in [-0.05, 0) is 36.4 Å². The molecule has 0 amide bonds. The molecule has 0 radical (unpaired) electrons. The summed E-state index contributed by atoms with van der Waals surface area (Å²) in [6.07, 6.45) is -8.52. The van der Waals surface area contributed by atoms with Crippen molar-refractivity contribution in [3.63, 3.8) is 0 Å². The number of ketones is 1. The summed E-state index contributed by atoms with van der Waals surface area (Å²) in [5, 5.41) is 0. The number of halogens is 4. The van der Waals surface area contributed by atoms with Crippen LogP contribution in [0.5, 0.6) is 11.5 Å². The van der Waals surface area contributed by atoms with Gasteiger partial charge in [-0.15, -0.1) is 0 Å². The van der Waals surface area contributed by atoms with Gasteiger partial charge in [0.1, 0.15) is 11.5 Å². The molecular weight excluding hydrogens is 316 g/mol. The Morgan fingerprint density at radius 3 is 2.13 bits per heavy atom. The van der Waals surface area contributed by atoms with Crippen molar-refractivity contribution >= 4 is 5.78 Å². The van der Waals surface area contributed by atoms with Crippen LogP contribution in [0.4, 0.5) is 17.6 Å². The third-order valence-electron chi connectivity index (χ3n) is 2.80. The van der Waals surface area contributed by atoms with Crippen LogP contribution >= 0.6 is 0 Å². The maximum Gasteiger partial charge on any atom is 0.461 e. The monoisotopic (exact) mass is 328 g/mol. The van der Waals surface area contributed by atoms with Gasteiger partial charge >= 0.3 is 12.5 Å². The third-order valence-corrected chi connectivity index (χ3v) is 2.80. The van der Waals surface area contributed by atoms with E-state index in [1.165, 1.54) is 12.1 Å². The summed E-state index contributed by atoms with van der Waals surface area (Å²) in [4.78, 5) is 11.9. The van der Waals surface area contributed by atoms with E-state index in [0.29, 0.717) is 5.75 Å². The van der Waals surface area contributed by atoms with Crippen LogP contribution in [0.3, 0.4) is 0 Å². The molecule has 0 saturated carbocycles. The number of ether oxygens (including phenoxy) is 2. The van der Waals surface area contributed by atoms with E-state index >= 15 is 0 Å². The van der Waals surface area contributed by atoms with E-state index in [9.17, 15) is 22.4 Å². The van der Waals surface area contributed by atoms with Crippen LogP contribution < -0.4 is 9.47 Å². The molecule has 2 rings (SSSR count). The Kier molecular flexibility index (Phi) is 5.20. The lowest BCUT2D eigenvalue weighted by Crippen LogP contribution is -2.33. The summed E-state index contributed by atoms with van der Waals surface area (Å²) in [5.74, 6) is -0.339. The van der Waals surface area contributed by atoms with Crippen molar-refractivity contribution in [1.82, 2.24) is 0 Å². The van der Waals surface area contributed by atoms with Gasteiger partial charge in [0, 0.05) is 5.56 Å². The average molecular weight is 328 g/mol. The molecule has 0 fully saturated rings. The minimum absolute atomic E-state index is 0.189. The van der Waals surface area contributed by atoms with E-state index in [1.54, 1.807) is 30.3 Å². The number of rotatable bonds is 7. The Morgan fingerprint density at radius 2 is 1.57 bits per heavy atom. The second kappa shape index (κ2) is 7.13. The van der Waals surface area contributed by atoms with Crippen LogP contribution in [0.1, 0.15) is 10.4 Å². The summed E-state index contributed by atoms with van der Waals surface area (Å²) in [6, 6.07) is 13.1. The molecule has 122 valence electrons. The van der Waals surface area contributed by atoms with Crippen LogP contribution in [-0.2, 0) is 0 Å². The first-order valence-electron chi connectivity index (χ1n) is 6.54. The first-order chi connectivity index (χ1) is 10.9. The second-order valence-electron chi connectivity index (χ2n) is 4.51. The molecule has 0 N–H and O–H groups in total. The van der Waals surface area contributed by atoms with Crippen LogP contribution in [0.2, 0.25) is 0 Å². The van der Waals surface area contributed by atoms with Gasteiger partial charge < -0.3 is 9.47 Å². The molecule has 23 heavy (non-hydrogen) atoms. The lowest BCUT2D eigenvalue weighted by molar-refractivity contribution is -0.253. The van der Waals surface area contributed by atoms with E-state index in [2.05, 4.69) is 4.74 Å². The zero-order chi connectivity index (χ0) is 16.9. The topological polar surface area (TPSA) is 35.5 Å². The quantitative estimate of drug-likeness (QED) is 0.565. The van der Waals surface area contributed by atoms with Crippen LogP contribution in [0.25, 0.3) is 0 Å². The van der Waals surface area contributed by atoms with Gasteiger partial charge in [-0.2, -0.15) is 17.6 Å². The van der Waals surface area contributed by atoms with Gasteiger partial charge in [0.25, 0.3) is 0 Å². The Balaban J connectivity index is 1.95. The number of benzene rings is 2. The fraction of sp³-hybridized carbons (Fsp3) is 0.188. The Hall–Kier alpha value is -2.57. The zero-order valence-electron chi connectivity index (χ0n) is 11.7. The smallest absolute Gasteiger partial charge is 0.461 e. The Bertz CT molecular complexity index is 642. The molecule has 0 aliphatic carbocycles. The highest BCUT2D eigenvalue weighted by Crippen LogP contribution is 2.27. The summed E-state index contributed by atoms with van der Waals surface area (Å²) in [7, 11) is 0. The van der Waals surface area contributed by atoms with Crippen molar-refractivity contribution in [1.29, 1.82) is 0 Å². The number of hydrogen-bond donors (Lipinski definition) is 0. The molecule has 0 bridgehead atoms. The highest BCUT2D eigenvalue weighted by Gasteiger charge is 2.43. The predicted octanol–water partition coefficient (Wildman–Crippen LogP) is 4.19. The van der Waals surface area contributed by atoms with Crippen LogP contribution in [-0.4, -0.2) is 24.9 Å². The molecule has 0 aliphatic heterocycles. The summed E-state index contributed by atoms with van der Waals surface area (Å²) < 4.78 is 58.7. The third kappa shape index (κ3) is 4.70. The summed E-state index contributed by atoms with van der Waals surface area (Å²) in [6.45, 7) is -0.239. The number of alkyl halides is 4. The number of carbonyl (C=O) groups excluding carboxylic acids is 1. The van der Waals surface area contributed by atoms with E-state index in [0.717, 1.165) is 12.1 Å². The van der Waals surface area contributed by atoms with Gasteiger partial charge in [-0.3, -0.25) is 4.79 Å². The van der Waals surface area contributed by atoms with Crippen molar-refractivity contribution < 1.29 is 31.8 Å². The van der Waals surface area contributed by atoms with E-state index < -0.39 is 18.3 Å². The molecule has 2 aromatic carbocycles. The normalized spacial score (nSPS) is 11.3. The lowest BCUT2D eigenvalue weighted by Gasteiger charge is -2.16. The minimum Gasteiger partial charge on any atom is -0.485 e. The fourth-order valence-electron chi connectivity index (χ4n) is 1.66. The zero-order valence-corrected chi connectivity index (χ0v) is 11.7. The molecule has 0 spiro atoms. The number of para-hydroxylation sites is 1. The molecule has 0 heterocycles. The maximum atomic E-state index is 12.7. The fourth-order valence-corrected chi connectivity index (χ4v) is 1.66. The van der Waals surface area contributed by atoms with Gasteiger partial charge in [0.15, 0.2) is 12.4 Å². The van der Waals surface area contributed by atoms with Crippen molar-refractivity contribution in [2.75, 3.05) is 6.61 Å². The van der Waals surface area contributed by atoms with Gasteiger partial charge in [0.2, 0.25) is 0 Å². The summed E-state index contributed by atoms with van der Waals surface area (Å²) in [5.41, 5.74) is 0.189. The van der Waals surface area contributed by atoms with E-state index in [1.807, 2.05) is 0 Å². The van der Waals surface area contributed by atoms with Crippen molar-refractivity contribution in [3.8, 4) is 11.5 Å². The highest BCUT2D eigenvalue weighted by molar-refractivity contribution is 5.97. The van der Waals surface area contributed by atoms with Gasteiger partial charge in [-0.1, -0.05) is 18.2 Å².